The average molecular weight is 382 g/mol. The van der Waals surface area contributed by atoms with E-state index in [0.29, 0.717) is 12.5 Å². The molecule has 28 heavy (non-hydrogen) atoms. The number of anilines is 1. The first-order valence-electron chi connectivity index (χ1n) is 10.7. The van der Waals surface area contributed by atoms with Crippen molar-refractivity contribution in [3.05, 3.63) is 33.8 Å². The fourth-order valence-corrected chi connectivity index (χ4v) is 5.86. The van der Waals surface area contributed by atoms with Crippen molar-refractivity contribution in [2.45, 2.75) is 50.2 Å². The summed E-state index contributed by atoms with van der Waals surface area (Å²) in [6.07, 6.45) is 9.01. The van der Waals surface area contributed by atoms with Gasteiger partial charge in [-0.3, -0.25) is 14.6 Å². The zero-order valence-corrected chi connectivity index (χ0v) is 16.0. The molecule has 0 unspecified atom stereocenters. The van der Waals surface area contributed by atoms with Gasteiger partial charge in [0.25, 0.3) is 5.56 Å². The molecule has 0 saturated carbocycles. The van der Waals surface area contributed by atoms with Gasteiger partial charge < -0.3 is 14.5 Å². The number of carbonyl (C=O) groups is 1. The second kappa shape index (κ2) is 6.17. The minimum absolute atomic E-state index is 0.0155. The van der Waals surface area contributed by atoms with Gasteiger partial charge in [-0.25, -0.2) is 4.98 Å². The highest BCUT2D eigenvalue weighted by molar-refractivity contribution is 5.81. The van der Waals surface area contributed by atoms with Gasteiger partial charge in [0.15, 0.2) is 0 Å². The van der Waals surface area contributed by atoms with E-state index in [2.05, 4.69) is 16.0 Å². The van der Waals surface area contributed by atoms with Crippen LogP contribution in [0.15, 0.2) is 16.9 Å². The van der Waals surface area contributed by atoms with Crippen LogP contribution < -0.4 is 10.5 Å². The Hall–Kier alpha value is -2.15. The van der Waals surface area contributed by atoms with Crippen molar-refractivity contribution in [1.82, 2.24) is 14.9 Å². The summed E-state index contributed by atoms with van der Waals surface area (Å²) in [5.41, 5.74) is 1.80. The van der Waals surface area contributed by atoms with Crippen LogP contribution in [0.5, 0.6) is 0 Å². The molecule has 4 aliphatic heterocycles. The summed E-state index contributed by atoms with van der Waals surface area (Å²) in [5, 5.41) is 0. The van der Waals surface area contributed by atoms with E-state index in [1.165, 1.54) is 0 Å². The Kier molecular flexibility index (Phi) is 3.70. The standard InChI is InChI=1S/C21H26N4O3/c26-19-14-5-3-12-10-25(20(27)15-9-13-4-6-17(15)28-13)11-16(12)18(14)22-21(23-19)24-7-1-2-8-24/h4,6,12-13,15-17H,1-3,5,7-11H2,(H,22,23,26)/t12-,13+,15-,16+,17+/m1/s1. The van der Waals surface area contributed by atoms with Gasteiger partial charge in [-0.15, -0.1) is 0 Å². The third-order valence-corrected chi connectivity index (χ3v) is 7.36. The maximum absolute atomic E-state index is 13.2. The van der Waals surface area contributed by atoms with Crippen LogP contribution in [0.25, 0.3) is 0 Å². The van der Waals surface area contributed by atoms with Crippen molar-refractivity contribution in [3.8, 4) is 0 Å². The van der Waals surface area contributed by atoms with E-state index in [1.54, 1.807) is 0 Å². The monoisotopic (exact) mass is 382 g/mol. The third-order valence-electron chi connectivity index (χ3n) is 7.36. The first-order valence-corrected chi connectivity index (χ1v) is 10.7. The number of nitrogens with zero attached hydrogens (tertiary/aromatic N) is 3. The lowest BCUT2D eigenvalue weighted by Crippen LogP contribution is -2.38. The second-order valence-electron chi connectivity index (χ2n) is 8.96. The molecule has 1 aliphatic carbocycles. The molecule has 0 spiro atoms. The van der Waals surface area contributed by atoms with Gasteiger partial charge in [0.2, 0.25) is 11.9 Å². The predicted octanol–water partition coefficient (Wildman–Crippen LogP) is 1.20. The van der Waals surface area contributed by atoms with Crippen LogP contribution in [0, 0.1) is 11.8 Å². The summed E-state index contributed by atoms with van der Waals surface area (Å²) in [5.74, 6) is 1.50. The number of H-pyrrole nitrogens is 1. The number of nitrogens with one attached hydrogen (secondary N) is 1. The number of amides is 1. The number of ether oxygens (including phenoxy) is 1. The summed E-state index contributed by atoms with van der Waals surface area (Å²) < 4.78 is 5.81. The van der Waals surface area contributed by atoms with E-state index in [1.807, 2.05) is 11.0 Å². The van der Waals surface area contributed by atoms with E-state index in [-0.39, 0.29) is 35.5 Å². The number of carbonyl (C=O) groups excluding carboxylic acids is 1. The van der Waals surface area contributed by atoms with Crippen molar-refractivity contribution in [3.63, 3.8) is 0 Å². The van der Waals surface area contributed by atoms with Gasteiger partial charge in [-0.1, -0.05) is 12.2 Å². The highest BCUT2D eigenvalue weighted by atomic mass is 16.5. The van der Waals surface area contributed by atoms with E-state index in [4.69, 9.17) is 9.72 Å². The number of fused-ring (bicyclic) bond motifs is 5. The van der Waals surface area contributed by atoms with E-state index >= 15 is 0 Å². The molecule has 2 bridgehead atoms. The van der Waals surface area contributed by atoms with Crippen LogP contribution in [0.4, 0.5) is 5.95 Å². The highest BCUT2D eigenvalue weighted by Crippen LogP contribution is 2.42. The Morgan fingerprint density at radius 1 is 1.21 bits per heavy atom. The van der Waals surface area contributed by atoms with E-state index < -0.39 is 0 Å². The summed E-state index contributed by atoms with van der Waals surface area (Å²) in [4.78, 5) is 38.0. The predicted molar refractivity (Wildman–Crippen MR) is 103 cm³/mol. The third kappa shape index (κ3) is 2.48. The van der Waals surface area contributed by atoms with E-state index in [0.717, 1.165) is 68.9 Å². The molecule has 3 saturated heterocycles. The first kappa shape index (κ1) is 16.8. The second-order valence-corrected chi connectivity index (χ2v) is 8.96. The van der Waals surface area contributed by atoms with Gasteiger partial charge in [-0.2, -0.15) is 0 Å². The van der Waals surface area contributed by atoms with Gasteiger partial charge in [0, 0.05) is 37.7 Å². The van der Waals surface area contributed by atoms with Crippen LogP contribution in [-0.2, 0) is 16.0 Å². The summed E-state index contributed by atoms with van der Waals surface area (Å²) >= 11 is 0. The molecule has 1 aromatic heterocycles. The molecular weight excluding hydrogens is 356 g/mol. The number of hydrogen-bond donors (Lipinski definition) is 1. The van der Waals surface area contributed by atoms with E-state index in [9.17, 15) is 9.59 Å². The molecule has 7 heteroatoms. The molecule has 1 amide bonds. The van der Waals surface area contributed by atoms with Gasteiger partial charge in [0.1, 0.15) is 0 Å². The fourth-order valence-electron chi connectivity index (χ4n) is 5.86. The van der Waals surface area contributed by atoms with Crippen LogP contribution in [0.2, 0.25) is 0 Å². The lowest BCUT2D eigenvalue weighted by Gasteiger charge is -2.27. The summed E-state index contributed by atoms with van der Waals surface area (Å²) in [7, 11) is 0. The summed E-state index contributed by atoms with van der Waals surface area (Å²) in [6.45, 7) is 3.38. The molecule has 0 aromatic carbocycles. The molecule has 148 valence electrons. The zero-order chi connectivity index (χ0) is 18.8. The maximum atomic E-state index is 13.2. The van der Waals surface area contributed by atoms with Gasteiger partial charge in [0.05, 0.1) is 23.8 Å². The van der Waals surface area contributed by atoms with Gasteiger partial charge >= 0.3 is 0 Å². The molecule has 5 heterocycles. The molecule has 1 N–H and O–H groups in total. The number of hydrogen-bond acceptors (Lipinski definition) is 5. The lowest BCUT2D eigenvalue weighted by atomic mass is 9.80. The van der Waals surface area contributed by atoms with Crippen molar-refractivity contribution < 1.29 is 9.53 Å². The quantitative estimate of drug-likeness (QED) is 0.778. The molecule has 5 atom stereocenters. The molecule has 7 nitrogen and oxygen atoms in total. The fraction of sp³-hybridized carbons (Fsp3) is 0.667. The Bertz CT molecular complexity index is 903. The Balaban J connectivity index is 1.27. The van der Waals surface area contributed by atoms with Crippen LogP contribution in [-0.4, -0.2) is 59.2 Å². The molecule has 0 radical (unpaired) electrons. The van der Waals surface area contributed by atoms with Gasteiger partial charge in [-0.05, 0) is 38.0 Å². The molecule has 5 aliphatic rings. The van der Waals surface area contributed by atoms with Crippen molar-refractivity contribution >= 4 is 11.9 Å². The number of rotatable bonds is 2. The number of aromatic amines is 1. The number of likely N-dealkylation sites (tertiary alicyclic amines) is 1. The molecule has 3 fully saturated rings. The molecule has 6 rings (SSSR count). The van der Waals surface area contributed by atoms with Crippen molar-refractivity contribution in [1.29, 1.82) is 0 Å². The lowest BCUT2D eigenvalue weighted by molar-refractivity contribution is -0.135. The maximum Gasteiger partial charge on any atom is 0.255 e. The van der Waals surface area contributed by atoms with Crippen molar-refractivity contribution in [2.75, 3.05) is 31.1 Å². The number of aromatic nitrogens is 2. The van der Waals surface area contributed by atoms with Crippen LogP contribution in [0.1, 0.15) is 42.9 Å². The largest absolute Gasteiger partial charge is 0.366 e. The Morgan fingerprint density at radius 2 is 2.07 bits per heavy atom. The minimum atomic E-state index is -0.0462. The minimum Gasteiger partial charge on any atom is -0.366 e. The topological polar surface area (TPSA) is 78.5 Å². The Morgan fingerprint density at radius 3 is 2.82 bits per heavy atom. The van der Waals surface area contributed by atoms with Crippen LogP contribution in [0.3, 0.4) is 0 Å². The first-order chi connectivity index (χ1) is 13.7. The van der Waals surface area contributed by atoms with Crippen molar-refractivity contribution in [2.24, 2.45) is 11.8 Å². The smallest absolute Gasteiger partial charge is 0.255 e. The average Bonchev–Trinajstić information content (AvgIpc) is 3.50. The molecular formula is C21H26N4O3. The SMILES string of the molecule is O=C([C@@H]1C[C@@H]2C=C[C@@H]1O2)N1C[C@H]2CCc3c(nc(N4CCCC4)[nH]c3=O)[C@H]2C1. The highest BCUT2D eigenvalue weighted by Gasteiger charge is 2.47. The zero-order valence-electron chi connectivity index (χ0n) is 16.0. The van der Waals surface area contributed by atoms with Crippen LogP contribution >= 0.6 is 0 Å². The molecule has 1 aromatic rings. The summed E-state index contributed by atoms with van der Waals surface area (Å²) in [6, 6.07) is 0. The Labute approximate surface area is 163 Å². The normalized spacial score (nSPS) is 35.5.